The molecule has 0 N–H and O–H groups in total. The Kier molecular flexibility index (Phi) is 5.15. The van der Waals surface area contributed by atoms with Crippen molar-refractivity contribution < 1.29 is 13.2 Å². The lowest BCUT2D eigenvalue weighted by Crippen LogP contribution is -2.44. The molecule has 0 aliphatic carbocycles. The van der Waals surface area contributed by atoms with Crippen LogP contribution < -0.4 is 0 Å². The summed E-state index contributed by atoms with van der Waals surface area (Å²) in [7, 11) is 0.0464. The van der Waals surface area contributed by atoms with Gasteiger partial charge in [-0.25, -0.2) is 13.2 Å². The van der Waals surface area contributed by atoms with Gasteiger partial charge in [-0.05, 0) is 24.3 Å². The third-order valence-corrected chi connectivity index (χ3v) is 8.57. The fraction of sp³-hybridized carbons (Fsp3) is 0.588. The van der Waals surface area contributed by atoms with Crippen molar-refractivity contribution in [1.82, 2.24) is 28.9 Å². The summed E-state index contributed by atoms with van der Waals surface area (Å²) in [5.41, 5.74) is 0. The normalized spacial score (nSPS) is 18.9. The van der Waals surface area contributed by atoms with E-state index in [4.69, 9.17) is 0 Å². The lowest BCUT2D eigenvalue weighted by molar-refractivity contribution is 0.155. The van der Waals surface area contributed by atoms with E-state index in [9.17, 15) is 13.2 Å². The van der Waals surface area contributed by atoms with E-state index in [1.807, 2.05) is 4.90 Å². The fourth-order valence-electron chi connectivity index (χ4n) is 3.81. The summed E-state index contributed by atoms with van der Waals surface area (Å²) < 4.78 is 29.4. The van der Waals surface area contributed by atoms with E-state index in [1.54, 1.807) is 36.5 Å². The first-order chi connectivity index (χ1) is 13.4. The predicted octanol–water partition coefficient (Wildman–Crippen LogP) is 1.41. The maximum Gasteiger partial charge on any atom is 0.319 e. The number of sulfonamides is 1. The summed E-state index contributed by atoms with van der Waals surface area (Å²) >= 11 is 1.23. The topological polar surface area (TPSA) is 91.6 Å². The molecule has 0 radical (unpaired) electrons. The number of aromatic nitrogens is 3. The van der Waals surface area contributed by atoms with Crippen LogP contribution in [0.4, 0.5) is 4.79 Å². The van der Waals surface area contributed by atoms with Crippen LogP contribution in [0.15, 0.2) is 21.7 Å². The average molecular weight is 425 g/mol. The Hall–Kier alpha value is -1.98. The van der Waals surface area contributed by atoms with Crippen LogP contribution >= 0.6 is 11.3 Å². The summed E-state index contributed by atoms with van der Waals surface area (Å²) in [4.78, 5) is 15.6. The number of carbonyl (C=O) groups is 1. The van der Waals surface area contributed by atoms with Crippen LogP contribution in [0.1, 0.15) is 30.4 Å². The number of nitrogens with zero attached hydrogens (tertiary/aromatic N) is 6. The number of rotatable bonds is 3. The highest BCUT2D eigenvalue weighted by Gasteiger charge is 2.34. The summed E-state index contributed by atoms with van der Waals surface area (Å²) in [5, 5.41) is 10.4. The SMILES string of the molecule is CN(C)C(=O)N1CCC(c2nnc3n2CCN(S(=O)(=O)c2cccs2)C3)CC1. The minimum atomic E-state index is -3.48. The Morgan fingerprint density at radius 2 is 1.93 bits per heavy atom. The number of amides is 2. The molecule has 0 saturated carbocycles. The molecular formula is C17H24N6O3S2. The zero-order chi connectivity index (χ0) is 19.9. The van der Waals surface area contributed by atoms with Crippen LogP contribution in [0, 0.1) is 0 Å². The first kappa shape index (κ1) is 19.3. The van der Waals surface area contributed by atoms with Gasteiger partial charge in [-0.2, -0.15) is 4.31 Å². The van der Waals surface area contributed by atoms with E-state index < -0.39 is 10.0 Å². The summed E-state index contributed by atoms with van der Waals surface area (Å²) in [6.45, 7) is 2.60. The summed E-state index contributed by atoms with van der Waals surface area (Å²) in [6.07, 6.45) is 1.68. The molecule has 2 aliphatic rings. The number of likely N-dealkylation sites (tertiary alicyclic amines) is 1. The van der Waals surface area contributed by atoms with Crippen LogP contribution in [0.3, 0.4) is 0 Å². The van der Waals surface area contributed by atoms with Crippen molar-refractivity contribution in [2.75, 3.05) is 33.7 Å². The van der Waals surface area contributed by atoms with Gasteiger partial charge in [0.1, 0.15) is 15.9 Å². The van der Waals surface area contributed by atoms with Crippen LogP contribution in [-0.2, 0) is 23.1 Å². The highest BCUT2D eigenvalue weighted by atomic mass is 32.2. The molecule has 0 spiro atoms. The minimum absolute atomic E-state index is 0.0381. The van der Waals surface area contributed by atoms with Crippen LogP contribution in [-0.4, -0.2) is 77.0 Å². The molecule has 11 heteroatoms. The molecule has 4 rings (SSSR count). The highest BCUT2D eigenvalue weighted by Crippen LogP contribution is 2.30. The Balaban J connectivity index is 1.46. The second-order valence-electron chi connectivity index (χ2n) is 7.34. The number of piperidine rings is 1. The summed E-state index contributed by atoms with van der Waals surface area (Å²) in [5.74, 6) is 1.85. The molecule has 0 aromatic carbocycles. The average Bonchev–Trinajstić information content (AvgIpc) is 3.37. The number of thiophene rings is 1. The van der Waals surface area contributed by atoms with Crippen molar-refractivity contribution in [2.45, 2.75) is 36.1 Å². The largest absolute Gasteiger partial charge is 0.331 e. The lowest BCUT2D eigenvalue weighted by Gasteiger charge is -2.34. The molecule has 1 fully saturated rings. The number of hydrogen-bond acceptors (Lipinski definition) is 6. The van der Waals surface area contributed by atoms with Crippen molar-refractivity contribution >= 4 is 27.4 Å². The maximum absolute atomic E-state index is 12.8. The quantitative estimate of drug-likeness (QED) is 0.743. The predicted molar refractivity (Wildman–Crippen MR) is 105 cm³/mol. The molecule has 0 unspecified atom stereocenters. The van der Waals surface area contributed by atoms with Crippen molar-refractivity contribution in [1.29, 1.82) is 0 Å². The van der Waals surface area contributed by atoms with Gasteiger partial charge in [0.2, 0.25) is 0 Å². The third-order valence-electron chi connectivity index (χ3n) is 5.35. The smallest absolute Gasteiger partial charge is 0.319 e. The van der Waals surface area contributed by atoms with E-state index in [2.05, 4.69) is 14.8 Å². The molecule has 2 amide bonds. The zero-order valence-electron chi connectivity index (χ0n) is 16.0. The first-order valence-corrected chi connectivity index (χ1v) is 11.6. The number of fused-ring (bicyclic) bond motifs is 1. The zero-order valence-corrected chi connectivity index (χ0v) is 17.6. The van der Waals surface area contributed by atoms with E-state index in [0.717, 1.165) is 18.7 Å². The molecule has 0 atom stereocenters. The minimum Gasteiger partial charge on any atom is -0.331 e. The monoisotopic (exact) mass is 424 g/mol. The van der Waals surface area contributed by atoms with Crippen molar-refractivity contribution in [2.24, 2.45) is 0 Å². The standard InChI is InChI=1S/C17H24N6O3S2/c1-20(2)17(24)21-7-5-13(6-8-21)16-19-18-14-12-22(9-10-23(14)16)28(25,26)15-4-3-11-27-15/h3-4,11,13H,5-10,12H2,1-2H3. The van der Waals surface area contributed by atoms with Crippen LogP contribution in [0.5, 0.6) is 0 Å². The number of carbonyl (C=O) groups excluding carboxylic acids is 1. The lowest BCUT2D eigenvalue weighted by atomic mass is 9.96. The molecule has 1 saturated heterocycles. The Bertz CT molecular complexity index is 946. The second-order valence-corrected chi connectivity index (χ2v) is 10.4. The van der Waals surface area contributed by atoms with E-state index in [0.29, 0.717) is 36.2 Å². The second kappa shape index (κ2) is 7.45. The number of urea groups is 1. The molecule has 28 heavy (non-hydrogen) atoms. The van der Waals surface area contributed by atoms with Crippen LogP contribution in [0.2, 0.25) is 0 Å². The molecule has 152 valence electrons. The van der Waals surface area contributed by atoms with Crippen molar-refractivity contribution in [3.05, 3.63) is 29.2 Å². The van der Waals surface area contributed by atoms with Gasteiger partial charge in [-0.3, -0.25) is 0 Å². The molecule has 2 aromatic heterocycles. The maximum atomic E-state index is 12.8. The molecular weight excluding hydrogens is 400 g/mol. The van der Waals surface area contributed by atoms with E-state index >= 15 is 0 Å². The van der Waals surface area contributed by atoms with Gasteiger partial charge >= 0.3 is 6.03 Å². The van der Waals surface area contributed by atoms with Gasteiger partial charge in [0.05, 0.1) is 6.54 Å². The van der Waals surface area contributed by atoms with Gasteiger partial charge in [-0.15, -0.1) is 21.5 Å². The van der Waals surface area contributed by atoms with E-state index in [-0.39, 0.29) is 18.5 Å². The molecule has 0 bridgehead atoms. The van der Waals surface area contributed by atoms with Crippen molar-refractivity contribution in [3.8, 4) is 0 Å². The van der Waals surface area contributed by atoms with Crippen molar-refractivity contribution in [3.63, 3.8) is 0 Å². The fourth-order valence-corrected chi connectivity index (χ4v) is 6.34. The molecule has 4 heterocycles. The molecule has 2 aromatic rings. The summed E-state index contributed by atoms with van der Waals surface area (Å²) in [6, 6.07) is 3.42. The number of hydrogen-bond donors (Lipinski definition) is 0. The van der Waals surface area contributed by atoms with Gasteiger partial charge in [0.15, 0.2) is 0 Å². The van der Waals surface area contributed by atoms with Gasteiger partial charge in [0, 0.05) is 46.2 Å². The molecule has 9 nitrogen and oxygen atoms in total. The Morgan fingerprint density at radius 1 is 1.18 bits per heavy atom. The van der Waals surface area contributed by atoms with Gasteiger partial charge in [-0.1, -0.05) is 6.07 Å². The third kappa shape index (κ3) is 3.42. The first-order valence-electron chi connectivity index (χ1n) is 9.30. The highest BCUT2D eigenvalue weighted by molar-refractivity contribution is 7.91. The van der Waals surface area contributed by atoms with E-state index in [1.165, 1.54) is 15.6 Å². The Labute approximate surface area is 168 Å². The molecule has 2 aliphatic heterocycles. The van der Waals surface area contributed by atoms with Gasteiger partial charge in [0.25, 0.3) is 10.0 Å². The van der Waals surface area contributed by atoms with Crippen LogP contribution in [0.25, 0.3) is 0 Å². The van der Waals surface area contributed by atoms with Gasteiger partial charge < -0.3 is 14.4 Å². The Morgan fingerprint density at radius 3 is 2.57 bits per heavy atom.